The lowest BCUT2D eigenvalue weighted by Gasteiger charge is -2.13. The zero-order chi connectivity index (χ0) is 19.2. The number of urea groups is 1. The molecule has 0 bridgehead atoms. The lowest BCUT2D eigenvalue weighted by molar-refractivity contribution is 0.262. The maximum Gasteiger partial charge on any atom is 0.323 e. The SMILES string of the molecule is CN(C)S(=O)(=O)CNCc1cc(F)cc(NC(=O)Nc2cccnc2)c1. The number of aromatic nitrogens is 1. The van der Waals surface area contributed by atoms with E-state index in [2.05, 4.69) is 20.9 Å². The summed E-state index contributed by atoms with van der Waals surface area (Å²) in [6.45, 7) is 0.129. The lowest BCUT2D eigenvalue weighted by Crippen LogP contribution is -2.32. The molecule has 2 aromatic rings. The van der Waals surface area contributed by atoms with Gasteiger partial charge in [-0.25, -0.2) is 21.9 Å². The van der Waals surface area contributed by atoms with Gasteiger partial charge in [-0.2, -0.15) is 0 Å². The predicted octanol–water partition coefficient (Wildman–Crippen LogP) is 1.80. The highest BCUT2D eigenvalue weighted by molar-refractivity contribution is 7.89. The van der Waals surface area contributed by atoms with Crippen LogP contribution in [-0.4, -0.2) is 43.7 Å². The van der Waals surface area contributed by atoms with Crippen LogP contribution >= 0.6 is 0 Å². The molecule has 1 aromatic heterocycles. The van der Waals surface area contributed by atoms with Crippen molar-refractivity contribution >= 4 is 27.4 Å². The van der Waals surface area contributed by atoms with Crippen LogP contribution in [0.3, 0.4) is 0 Å². The Labute approximate surface area is 151 Å². The number of nitrogens with zero attached hydrogens (tertiary/aromatic N) is 2. The molecule has 26 heavy (non-hydrogen) atoms. The number of carbonyl (C=O) groups is 1. The highest BCUT2D eigenvalue weighted by atomic mass is 32.2. The quantitative estimate of drug-likeness (QED) is 0.679. The molecular formula is C16H20FN5O3S. The third kappa shape index (κ3) is 6.06. The molecule has 140 valence electrons. The van der Waals surface area contributed by atoms with Crippen molar-refractivity contribution in [1.29, 1.82) is 0 Å². The summed E-state index contributed by atoms with van der Waals surface area (Å²) < 4.78 is 38.2. The van der Waals surface area contributed by atoms with Crippen LogP contribution < -0.4 is 16.0 Å². The molecule has 0 saturated heterocycles. The monoisotopic (exact) mass is 381 g/mol. The van der Waals surface area contributed by atoms with Gasteiger partial charge in [0.1, 0.15) is 11.7 Å². The summed E-state index contributed by atoms with van der Waals surface area (Å²) in [4.78, 5) is 15.8. The number of amides is 2. The molecule has 0 aliphatic carbocycles. The molecule has 0 aliphatic heterocycles. The first-order valence-corrected chi connectivity index (χ1v) is 9.25. The smallest absolute Gasteiger partial charge is 0.308 e. The van der Waals surface area contributed by atoms with E-state index in [1.807, 2.05) is 0 Å². The molecule has 0 aliphatic rings. The number of anilines is 2. The van der Waals surface area contributed by atoms with Gasteiger partial charge in [0.05, 0.1) is 11.9 Å². The molecule has 3 N–H and O–H groups in total. The number of sulfonamides is 1. The van der Waals surface area contributed by atoms with E-state index in [0.29, 0.717) is 11.3 Å². The van der Waals surface area contributed by atoms with Crippen molar-refractivity contribution in [2.75, 3.05) is 30.6 Å². The number of hydrogen-bond donors (Lipinski definition) is 3. The maximum atomic E-state index is 13.8. The van der Waals surface area contributed by atoms with Gasteiger partial charge in [0.2, 0.25) is 10.0 Å². The second-order valence-corrected chi connectivity index (χ2v) is 7.82. The summed E-state index contributed by atoms with van der Waals surface area (Å²) >= 11 is 0. The Morgan fingerprint density at radius 1 is 1.19 bits per heavy atom. The fourth-order valence-corrected chi connectivity index (χ4v) is 2.63. The van der Waals surface area contributed by atoms with Crippen molar-refractivity contribution in [3.05, 3.63) is 54.1 Å². The van der Waals surface area contributed by atoms with E-state index in [9.17, 15) is 17.6 Å². The Kier molecular flexibility index (Phi) is 6.61. The first-order valence-electron chi connectivity index (χ1n) is 7.65. The fraction of sp³-hybridized carbons (Fsp3) is 0.250. The highest BCUT2D eigenvalue weighted by Crippen LogP contribution is 2.15. The summed E-state index contributed by atoms with van der Waals surface area (Å²) in [5.41, 5.74) is 1.24. The molecule has 2 rings (SSSR count). The Balaban J connectivity index is 1.97. The Morgan fingerprint density at radius 2 is 1.92 bits per heavy atom. The summed E-state index contributed by atoms with van der Waals surface area (Å²) in [6, 6.07) is 6.78. The van der Waals surface area contributed by atoms with Crippen LogP contribution in [0, 0.1) is 5.82 Å². The van der Waals surface area contributed by atoms with E-state index in [-0.39, 0.29) is 18.1 Å². The van der Waals surface area contributed by atoms with Crippen molar-refractivity contribution in [3.8, 4) is 0 Å². The molecule has 0 spiro atoms. The standard InChI is InChI=1S/C16H20FN5O3S/c1-22(2)26(24,25)11-19-9-12-6-13(17)8-15(7-12)21-16(23)20-14-4-3-5-18-10-14/h3-8,10,19H,9,11H2,1-2H3,(H2,20,21,23). The molecule has 1 aromatic carbocycles. The Hall–Kier alpha value is -2.56. The lowest BCUT2D eigenvalue weighted by atomic mass is 10.2. The summed E-state index contributed by atoms with van der Waals surface area (Å²) in [5.74, 6) is -0.822. The number of carbonyl (C=O) groups excluding carboxylic acids is 1. The molecule has 0 saturated carbocycles. The van der Waals surface area contributed by atoms with Gasteiger partial charge < -0.3 is 10.6 Å². The van der Waals surface area contributed by atoms with Gasteiger partial charge in [-0.3, -0.25) is 10.3 Å². The van der Waals surface area contributed by atoms with Crippen LogP contribution in [0.1, 0.15) is 5.56 Å². The molecule has 1 heterocycles. The number of rotatable bonds is 7. The van der Waals surface area contributed by atoms with Crippen molar-refractivity contribution < 1.29 is 17.6 Å². The molecule has 8 nitrogen and oxygen atoms in total. The molecule has 0 atom stereocenters. The van der Waals surface area contributed by atoms with Gasteiger partial charge in [-0.1, -0.05) is 0 Å². The minimum atomic E-state index is -3.40. The summed E-state index contributed by atoms with van der Waals surface area (Å²) in [7, 11) is -0.534. The van der Waals surface area contributed by atoms with Gasteiger partial charge in [0, 0.05) is 32.5 Å². The van der Waals surface area contributed by atoms with E-state index in [4.69, 9.17) is 0 Å². The van der Waals surface area contributed by atoms with Crippen molar-refractivity contribution in [2.24, 2.45) is 0 Å². The topological polar surface area (TPSA) is 103 Å². The van der Waals surface area contributed by atoms with E-state index in [1.165, 1.54) is 32.4 Å². The predicted molar refractivity (Wildman–Crippen MR) is 97.6 cm³/mol. The van der Waals surface area contributed by atoms with Gasteiger partial charge in [0.15, 0.2) is 0 Å². The van der Waals surface area contributed by atoms with Crippen LogP contribution in [0.25, 0.3) is 0 Å². The van der Waals surface area contributed by atoms with Gasteiger partial charge in [-0.15, -0.1) is 0 Å². The minimum absolute atomic E-state index is 0.129. The number of hydrogen-bond acceptors (Lipinski definition) is 5. The number of nitrogens with one attached hydrogen (secondary N) is 3. The van der Waals surface area contributed by atoms with Gasteiger partial charge in [0.25, 0.3) is 0 Å². The van der Waals surface area contributed by atoms with Crippen LogP contribution in [0.2, 0.25) is 0 Å². The third-order valence-electron chi connectivity index (χ3n) is 3.30. The van der Waals surface area contributed by atoms with Crippen molar-refractivity contribution in [1.82, 2.24) is 14.6 Å². The van der Waals surface area contributed by atoms with Gasteiger partial charge >= 0.3 is 6.03 Å². The zero-order valence-electron chi connectivity index (χ0n) is 14.4. The minimum Gasteiger partial charge on any atom is -0.308 e. The fourth-order valence-electron chi connectivity index (χ4n) is 2.01. The molecule has 10 heteroatoms. The number of benzene rings is 1. The number of pyridine rings is 1. The third-order valence-corrected chi connectivity index (χ3v) is 4.99. The summed E-state index contributed by atoms with van der Waals surface area (Å²) in [6.07, 6.45) is 3.05. The largest absolute Gasteiger partial charge is 0.323 e. The average Bonchev–Trinajstić information content (AvgIpc) is 2.54. The van der Waals surface area contributed by atoms with Crippen molar-refractivity contribution in [3.63, 3.8) is 0 Å². The van der Waals surface area contributed by atoms with E-state index in [0.717, 1.165) is 4.31 Å². The van der Waals surface area contributed by atoms with Crippen LogP contribution in [-0.2, 0) is 16.6 Å². The van der Waals surface area contributed by atoms with Crippen LogP contribution in [0.4, 0.5) is 20.6 Å². The zero-order valence-corrected chi connectivity index (χ0v) is 15.2. The van der Waals surface area contributed by atoms with Crippen LogP contribution in [0.5, 0.6) is 0 Å². The molecule has 0 fully saturated rings. The Bertz CT molecular complexity index is 859. The second kappa shape index (κ2) is 8.70. The van der Waals surface area contributed by atoms with Gasteiger partial charge in [-0.05, 0) is 35.9 Å². The number of halogens is 1. The van der Waals surface area contributed by atoms with Crippen LogP contribution in [0.15, 0.2) is 42.7 Å². The highest BCUT2D eigenvalue weighted by Gasteiger charge is 2.13. The Morgan fingerprint density at radius 3 is 2.58 bits per heavy atom. The van der Waals surface area contributed by atoms with E-state index >= 15 is 0 Å². The molecule has 0 radical (unpaired) electrons. The summed E-state index contributed by atoms with van der Waals surface area (Å²) in [5, 5.41) is 7.83. The van der Waals surface area contributed by atoms with Crippen molar-refractivity contribution in [2.45, 2.75) is 6.54 Å². The molecular weight excluding hydrogens is 361 g/mol. The normalized spacial score (nSPS) is 11.4. The second-order valence-electron chi connectivity index (χ2n) is 5.63. The van der Waals surface area contributed by atoms with E-state index < -0.39 is 21.9 Å². The molecule has 0 unspecified atom stereocenters. The first-order chi connectivity index (χ1) is 12.3. The molecule has 2 amide bonds. The van der Waals surface area contributed by atoms with E-state index in [1.54, 1.807) is 24.4 Å². The first kappa shape index (κ1) is 19.8. The average molecular weight is 381 g/mol. The maximum absolute atomic E-state index is 13.8.